The number of aryl methyl sites for hydroxylation is 1. The van der Waals surface area contributed by atoms with E-state index in [1.54, 1.807) is 22.3 Å². The summed E-state index contributed by atoms with van der Waals surface area (Å²) in [7, 11) is 0. The molecule has 3 atom stereocenters. The summed E-state index contributed by atoms with van der Waals surface area (Å²) in [4.78, 5) is 48.7. The number of nitrogens with one attached hydrogen (secondary N) is 1. The molecule has 0 aliphatic carbocycles. The van der Waals surface area contributed by atoms with Crippen molar-refractivity contribution in [2.24, 2.45) is 5.92 Å². The lowest BCUT2D eigenvalue weighted by Gasteiger charge is -2.35. The van der Waals surface area contributed by atoms with Gasteiger partial charge in [-0.25, -0.2) is 4.98 Å². The highest BCUT2D eigenvalue weighted by molar-refractivity contribution is 7.13. The number of benzene rings is 2. The number of β-amino-alcohol motifs (C(OH)–C–C–N with tert-alkyl or cyclic N) is 1. The topological polar surface area (TPSA) is 103 Å². The molecule has 2 aromatic carbocycles. The van der Waals surface area contributed by atoms with E-state index in [0.29, 0.717) is 18.7 Å². The van der Waals surface area contributed by atoms with Crippen molar-refractivity contribution in [3.8, 4) is 10.4 Å². The van der Waals surface area contributed by atoms with Crippen LogP contribution < -0.4 is 5.32 Å². The first-order valence-corrected chi connectivity index (χ1v) is 13.8. The van der Waals surface area contributed by atoms with Gasteiger partial charge in [-0.1, -0.05) is 56.3 Å². The number of rotatable bonds is 7. The van der Waals surface area contributed by atoms with Crippen LogP contribution in [-0.2, 0) is 22.7 Å². The van der Waals surface area contributed by atoms with Crippen LogP contribution in [0.25, 0.3) is 10.4 Å². The Morgan fingerprint density at radius 2 is 1.89 bits per heavy atom. The molecule has 3 aromatic rings. The largest absolute Gasteiger partial charge is 0.391 e. The summed E-state index contributed by atoms with van der Waals surface area (Å²) in [5.41, 5.74) is 6.32. The van der Waals surface area contributed by atoms with Crippen LogP contribution in [0.3, 0.4) is 0 Å². The van der Waals surface area contributed by atoms with E-state index >= 15 is 0 Å². The number of likely N-dealkylation sites (tertiary alicyclic amines) is 1. The second kappa shape index (κ2) is 10.7. The Morgan fingerprint density at radius 3 is 2.55 bits per heavy atom. The Kier molecular flexibility index (Phi) is 7.32. The van der Waals surface area contributed by atoms with Crippen molar-refractivity contribution < 1.29 is 19.5 Å². The number of hydrogen-bond acceptors (Lipinski definition) is 6. The fourth-order valence-corrected chi connectivity index (χ4v) is 6.23. The highest BCUT2D eigenvalue weighted by Crippen LogP contribution is 2.30. The lowest BCUT2D eigenvalue weighted by atomic mass is 10.0. The summed E-state index contributed by atoms with van der Waals surface area (Å²) in [6.45, 7) is 6.51. The van der Waals surface area contributed by atoms with Gasteiger partial charge >= 0.3 is 0 Å². The lowest BCUT2D eigenvalue weighted by Crippen LogP contribution is -2.55. The Hall–Kier alpha value is -3.56. The van der Waals surface area contributed by atoms with E-state index in [-0.39, 0.29) is 36.6 Å². The van der Waals surface area contributed by atoms with Gasteiger partial charge in [0.15, 0.2) is 0 Å². The summed E-state index contributed by atoms with van der Waals surface area (Å²) in [5.74, 6) is -0.953. The highest BCUT2D eigenvalue weighted by Gasteiger charge is 2.45. The lowest BCUT2D eigenvalue weighted by molar-refractivity contribution is -0.143. The predicted octanol–water partition coefficient (Wildman–Crippen LogP) is 3.38. The maximum atomic E-state index is 13.8. The molecule has 2 aliphatic rings. The number of carbonyl (C=O) groups is 3. The van der Waals surface area contributed by atoms with Gasteiger partial charge in [0.25, 0.3) is 5.91 Å². The maximum absolute atomic E-state index is 13.8. The number of hydrogen-bond donors (Lipinski definition) is 2. The van der Waals surface area contributed by atoms with Gasteiger partial charge in [-0.2, -0.15) is 0 Å². The summed E-state index contributed by atoms with van der Waals surface area (Å²) < 4.78 is 0. The molecule has 2 N–H and O–H groups in total. The first-order chi connectivity index (χ1) is 18.2. The average molecular weight is 533 g/mol. The molecule has 1 unspecified atom stereocenters. The second-order valence-electron chi connectivity index (χ2n) is 10.4. The molecular weight excluding hydrogens is 500 g/mol. The number of nitrogens with zero attached hydrogens (tertiary/aromatic N) is 3. The molecule has 9 heteroatoms. The summed E-state index contributed by atoms with van der Waals surface area (Å²) in [6, 6.07) is 13.8. The van der Waals surface area contributed by atoms with Crippen LogP contribution in [0.4, 0.5) is 0 Å². The zero-order valence-corrected chi connectivity index (χ0v) is 22.6. The van der Waals surface area contributed by atoms with Crippen LogP contribution in [-0.4, -0.2) is 62.3 Å². The van der Waals surface area contributed by atoms with E-state index in [9.17, 15) is 19.5 Å². The molecule has 3 heterocycles. The van der Waals surface area contributed by atoms with Gasteiger partial charge in [0.1, 0.15) is 12.1 Å². The number of fused-ring (bicyclic) bond motifs is 1. The van der Waals surface area contributed by atoms with Crippen molar-refractivity contribution in [3.05, 3.63) is 76.4 Å². The van der Waals surface area contributed by atoms with Gasteiger partial charge < -0.3 is 20.2 Å². The number of amides is 3. The number of thiazole rings is 1. The third-order valence-electron chi connectivity index (χ3n) is 7.36. The maximum Gasteiger partial charge on any atom is 0.255 e. The van der Waals surface area contributed by atoms with Crippen molar-refractivity contribution in [2.45, 2.75) is 58.5 Å². The van der Waals surface area contributed by atoms with Crippen molar-refractivity contribution in [3.63, 3.8) is 0 Å². The zero-order chi connectivity index (χ0) is 27.0. The first-order valence-electron chi connectivity index (χ1n) is 12.9. The van der Waals surface area contributed by atoms with Gasteiger partial charge in [0.05, 0.1) is 22.2 Å². The van der Waals surface area contributed by atoms with Crippen LogP contribution in [0.2, 0.25) is 0 Å². The number of carbonyl (C=O) groups excluding carboxylic acids is 3. The molecule has 1 saturated heterocycles. The number of aromatic nitrogens is 1. The zero-order valence-electron chi connectivity index (χ0n) is 21.8. The van der Waals surface area contributed by atoms with Crippen molar-refractivity contribution in [1.82, 2.24) is 20.1 Å². The number of aliphatic hydroxyl groups excluding tert-OH is 1. The average Bonchev–Trinajstić information content (AvgIpc) is 3.60. The van der Waals surface area contributed by atoms with E-state index in [1.807, 2.05) is 68.7 Å². The third-order valence-corrected chi connectivity index (χ3v) is 8.34. The molecule has 0 saturated carbocycles. The van der Waals surface area contributed by atoms with E-state index in [1.165, 1.54) is 4.90 Å². The normalized spacial score (nSPS) is 19.7. The van der Waals surface area contributed by atoms with Crippen molar-refractivity contribution in [2.75, 3.05) is 6.54 Å². The van der Waals surface area contributed by atoms with Gasteiger partial charge in [-0.15, -0.1) is 11.3 Å². The second-order valence-corrected chi connectivity index (χ2v) is 11.2. The molecule has 1 fully saturated rings. The van der Waals surface area contributed by atoms with Crippen LogP contribution >= 0.6 is 11.3 Å². The summed E-state index contributed by atoms with van der Waals surface area (Å²) >= 11 is 1.59. The molecule has 0 spiro atoms. The Morgan fingerprint density at radius 1 is 1.16 bits per heavy atom. The third kappa shape index (κ3) is 4.96. The Bertz CT molecular complexity index is 1350. The van der Waals surface area contributed by atoms with Crippen molar-refractivity contribution >= 4 is 29.1 Å². The van der Waals surface area contributed by atoms with Crippen LogP contribution in [0.5, 0.6) is 0 Å². The standard InChI is InChI=1S/C29H32N4O4S/c1-17(2)25(33-14-21-6-4-5-7-23(21)28(33)36)29(37)32-15-22(34)12-24(32)27(35)30-13-19-8-10-20(11-9-19)26-18(3)31-16-38-26/h4-11,16-17,22,24-25,34H,12-15H2,1-3H3,(H,30,35)/t22-,24+,25?/m1/s1. The van der Waals surface area contributed by atoms with Crippen LogP contribution in [0, 0.1) is 12.8 Å². The summed E-state index contributed by atoms with van der Waals surface area (Å²) in [6.07, 6.45) is -0.629. The molecule has 5 rings (SSSR count). The highest BCUT2D eigenvalue weighted by atomic mass is 32.1. The van der Waals surface area contributed by atoms with Gasteiger partial charge in [-0.05, 0) is 35.6 Å². The quantitative estimate of drug-likeness (QED) is 0.486. The van der Waals surface area contributed by atoms with E-state index in [4.69, 9.17) is 0 Å². The molecule has 0 radical (unpaired) electrons. The molecular formula is C29H32N4O4S. The van der Waals surface area contributed by atoms with E-state index < -0.39 is 18.2 Å². The van der Waals surface area contributed by atoms with Crippen LogP contribution in [0.1, 0.15) is 47.4 Å². The monoisotopic (exact) mass is 532 g/mol. The molecule has 198 valence electrons. The van der Waals surface area contributed by atoms with Gasteiger partial charge in [0, 0.05) is 31.6 Å². The molecule has 3 amide bonds. The minimum atomic E-state index is -0.795. The Balaban J connectivity index is 1.27. The Labute approximate surface area is 226 Å². The fraction of sp³-hybridized carbons (Fsp3) is 0.379. The molecule has 2 aliphatic heterocycles. The smallest absolute Gasteiger partial charge is 0.255 e. The molecule has 38 heavy (non-hydrogen) atoms. The SMILES string of the molecule is Cc1ncsc1-c1ccc(CNC(=O)[C@@H]2C[C@@H](O)CN2C(=O)C(C(C)C)N2Cc3ccccc3C2=O)cc1. The van der Waals surface area contributed by atoms with Crippen LogP contribution in [0.15, 0.2) is 54.0 Å². The van der Waals surface area contributed by atoms with Gasteiger partial charge in [0.2, 0.25) is 11.8 Å². The molecule has 8 nitrogen and oxygen atoms in total. The van der Waals surface area contributed by atoms with Gasteiger partial charge in [-0.3, -0.25) is 14.4 Å². The van der Waals surface area contributed by atoms with E-state index in [0.717, 1.165) is 27.3 Å². The molecule has 0 bridgehead atoms. The molecule has 1 aromatic heterocycles. The minimum absolute atomic E-state index is 0.0675. The van der Waals surface area contributed by atoms with Crippen molar-refractivity contribution in [1.29, 1.82) is 0 Å². The summed E-state index contributed by atoms with van der Waals surface area (Å²) in [5, 5.41) is 13.4. The first kappa shape index (κ1) is 26.1. The fourth-order valence-electron chi connectivity index (χ4n) is 5.42. The predicted molar refractivity (Wildman–Crippen MR) is 145 cm³/mol. The minimum Gasteiger partial charge on any atom is -0.391 e. The number of aliphatic hydroxyl groups is 1. The van der Waals surface area contributed by atoms with E-state index in [2.05, 4.69) is 10.3 Å².